The summed E-state index contributed by atoms with van der Waals surface area (Å²) in [7, 11) is 0. The third-order valence-corrected chi connectivity index (χ3v) is 6.39. The normalized spacial score (nSPS) is 11.0. The Labute approximate surface area is 185 Å². The molecule has 1 N–H and O–H groups in total. The largest absolute Gasteiger partial charge is 0.332 e. The number of rotatable bonds is 6. The van der Waals surface area contributed by atoms with Gasteiger partial charge in [-0.1, -0.05) is 24.3 Å². The van der Waals surface area contributed by atoms with Crippen LogP contribution in [0, 0.1) is 5.82 Å². The first-order valence-corrected chi connectivity index (χ1v) is 11.5. The third kappa shape index (κ3) is 4.33. The zero-order valence-electron chi connectivity index (χ0n) is 16.5. The zero-order chi connectivity index (χ0) is 22.0. The maximum absolute atomic E-state index is 14.1. The van der Waals surface area contributed by atoms with Gasteiger partial charge < -0.3 is 5.32 Å². The SMILES string of the molecule is CSc1cccc(NC(=O)Cn2c(=O)n(Cc3ccccc3F)c(=O)c3sccc32)c1. The molecular formula is C22H18FN3O3S2. The number of benzene rings is 2. The van der Waals surface area contributed by atoms with Gasteiger partial charge in [0.05, 0.1) is 12.1 Å². The molecule has 0 saturated carbocycles. The van der Waals surface area contributed by atoms with Crippen molar-refractivity contribution in [2.45, 2.75) is 18.0 Å². The molecule has 0 fully saturated rings. The van der Waals surface area contributed by atoms with Crippen LogP contribution in [0.2, 0.25) is 0 Å². The monoisotopic (exact) mass is 455 g/mol. The highest BCUT2D eigenvalue weighted by atomic mass is 32.2. The van der Waals surface area contributed by atoms with Crippen molar-refractivity contribution in [2.75, 3.05) is 11.6 Å². The number of nitrogens with zero attached hydrogens (tertiary/aromatic N) is 2. The highest BCUT2D eigenvalue weighted by Crippen LogP contribution is 2.19. The molecular weight excluding hydrogens is 437 g/mol. The highest BCUT2D eigenvalue weighted by molar-refractivity contribution is 7.98. The number of anilines is 1. The minimum Gasteiger partial charge on any atom is -0.324 e. The minimum atomic E-state index is -0.660. The van der Waals surface area contributed by atoms with Crippen LogP contribution < -0.4 is 16.6 Å². The van der Waals surface area contributed by atoms with E-state index in [1.54, 1.807) is 41.4 Å². The topological polar surface area (TPSA) is 73.1 Å². The molecule has 0 radical (unpaired) electrons. The first kappa shape index (κ1) is 21.1. The van der Waals surface area contributed by atoms with Crippen LogP contribution in [-0.2, 0) is 17.9 Å². The van der Waals surface area contributed by atoms with Gasteiger partial charge in [-0.2, -0.15) is 0 Å². The van der Waals surface area contributed by atoms with Gasteiger partial charge in [0.2, 0.25) is 5.91 Å². The van der Waals surface area contributed by atoms with Crippen molar-refractivity contribution in [3.05, 3.63) is 92.2 Å². The second-order valence-electron chi connectivity index (χ2n) is 6.77. The van der Waals surface area contributed by atoms with E-state index in [1.165, 1.54) is 28.0 Å². The van der Waals surface area contributed by atoms with E-state index in [-0.39, 0.29) is 18.7 Å². The van der Waals surface area contributed by atoms with Crippen LogP contribution in [-0.4, -0.2) is 21.3 Å². The summed E-state index contributed by atoms with van der Waals surface area (Å²) in [5, 5.41) is 4.48. The van der Waals surface area contributed by atoms with E-state index < -0.39 is 23.0 Å². The molecule has 0 bridgehead atoms. The van der Waals surface area contributed by atoms with E-state index in [2.05, 4.69) is 5.32 Å². The average Bonchev–Trinajstić information content (AvgIpc) is 3.25. The number of aromatic nitrogens is 2. The van der Waals surface area contributed by atoms with Gasteiger partial charge in [0, 0.05) is 16.1 Å². The zero-order valence-corrected chi connectivity index (χ0v) is 18.1. The van der Waals surface area contributed by atoms with Gasteiger partial charge in [-0.15, -0.1) is 23.1 Å². The van der Waals surface area contributed by atoms with E-state index in [0.29, 0.717) is 15.9 Å². The molecule has 158 valence electrons. The highest BCUT2D eigenvalue weighted by Gasteiger charge is 2.17. The molecule has 9 heteroatoms. The molecule has 4 aromatic rings. The van der Waals surface area contributed by atoms with Crippen molar-refractivity contribution >= 4 is 44.9 Å². The van der Waals surface area contributed by atoms with Crippen LogP contribution in [0.5, 0.6) is 0 Å². The summed E-state index contributed by atoms with van der Waals surface area (Å²) in [6.45, 7) is -0.483. The van der Waals surface area contributed by atoms with Crippen molar-refractivity contribution in [1.82, 2.24) is 9.13 Å². The molecule has 6 nitrogen and oxygen atoms in total. The Bertz CT molecular complexity index is 1390. The standard InChI is InChI=1S/C22H18FN3O3S2/c1-30-16-7-4-6-15(11-16)24-19(27)13-25-18-9-10-31-20(18)21(28)26(22(25)29)12-14-5-2-3-8-17(14)23/h2-11H,12-13H2,1H3,(H,24,27). The Kier molecular flexibility index (Phi) is 6.06. The lowest BCUT2D eigenvalue weighted by Gasteiger charge is -2.13. The fourth-order valence-corrected chi connectivity index (χ4v) is 4.57. The Balaban J connectivity index is 1.71. The first-order chi connectivity index (χ1) is 15.0. The summed E-state index contributed by atoms with van der Waals surface area (Å²) in [6.07, 6.45) is 1.94. The lowest BCUT2D eigenvalue weighted by molar-refractivity contribution is -0.116. The average molecular weight is 456 g/mol. The first-order valence-electron chi connectivity index (χ1n) is 9.36. The van der Waals surface area contributed by atoms with Crippen LogP contribution in [0.15, 0.2) is 74.5 Å². The fraction of sp³-hybridized carbons (Fsp3) is 0.136. The van der Waals surface area contributed by atoms with Crippen LogP contribution in [0.25, 0.3) is 10.2 Å². The summed E-state index contributed by atoms with van der Waals surface area (Å²) in [4.78, 5) is 39.7. The van der Waals surface area contributed by atoms with Gasteiger partial charge >= 0.3 is 5.69 Å². The van der Waals surface area contributed by atoms with E-state index in [1.807, 2.05) is 24.5 Å². The van der Waals surface area contributed by atoms with Crippen LogP contribution in [0.3, 0.4) is 0 Å². The Morgan fingerprint density at radius 2 is 1.90 bits per heavy atom. The summed E-state index contributed by atoms with van der Waals surface area (Å²) in [5.41, 5.74) is 0.0705. The molecule has 0 atom stereocenters. The van der Waals surface area contributed by atoms with Gasteiger partial charge in [0.25, 0.3) is 5.56 Å². The number of amides is 1. The second-order valence-corrected chi connectivity index (χ2v) is 8.56. The van der Waals surface area contributed by atoms with E-state index in [9.17, 15) is 18.8 Å². The summed E-state index contributed by atoms with van der Waals surface area (Å²) in [5.74, 6) is -0.901. The quantitative estimate of drug-likeness (QED) is 0.449. The lowest BCUT2D eigenvalue weighted by atomic mass is 10.2. The molecule has 2 heterocycles. The van der Waals surface area contributed by atoms with Crippen LogP contribution in [0.4, 0.5) is 10.1 Å². The number of nitrogens with one attached hydrogen (secondary N) is 1. The van der Waals surface area contributed by atoms with Crippen LogP contribution in [0.1, 0.15) is 5.56 Å². The summed E-state index contributed by atoms with van der Waals surface area (Å²) >= 11 is 2.73. The number of halogens is 1. The van der Waals surface area contributed by atoms with E-state index in [4.69, 9.17) is 0 Å². The molecule has 2 aromatic carbocycles. The number of carbonyl (C=O) groups excluding carboxylic acids is 1. The van der Waals surface area contributed by atoms with Crippen molar-refractivity contribution in [3.63, 3.8) is 0 Å². The second kappa shape index (κ2) is 8.91. The van der Waals surface area contributed by atoms with E-state index >= 15 is 0 Å². The van der Waals surface area contributed by atoms with Crippen molar-refractivity contribution in [3.8, 4) is 0 Å². The van der Waals surface area contributed by atoms with Crippen molar-refractivity contribution in [1.29, 1.82) is 0 Å². The molecule has 0 saturated heterocycles. The van der Waals surface area contributed by atoms with Gasteiger partial charge in [-0.3, -0.25) is 18.7 Å². The smallest absolute Gasteiger partial charge is 0.324 e. The molecule has 1 amide bonds. The minimum absolute atomic E-state index is 0.213. The van der Waals surface area contributed by atoms with Gasteiger partial charge in [0.1, 0.15) is 17.1 Å². The number of hydrogen-bond acceptors (Lipinski definition) is 5. The van der Waals surface area contributed by atoms with E-state index in [0.717, 1.165) is 9.46 Å². The summed E-state index contributed by atoms with van der Waals surface area (Å²) < 4.78 is 16.7. The molecule has 0 spiro atoms. The molecule has 0 aliphatic rings. The molecule has 31 heavy (non-hydrogen) atoms. The number of thioether (sulfide) groups is 1. The number of carbonyl (C=O) groups is 1. The van der Waals surface area contributed by atoms with Gasteiger partial charge in [-0.25, -0.2) is 9.18 Å². The van der Waals surface area contributed by atoms with Gasteiger partial charge in [0.15, 0.2) is 0 Å². The fourth-order valence-electron chi connectivity index (χ4n) is 3.27. The van der Waals surface area contributed by atoms with Gasteiger partial charge in [-0.05, 0) is 42.0 Å². The Hall–Kier alpha value is -3.17. The Morgan fingerprint density at radius 1 is 1.10 bits per heavy atom. The molecule has 2 aromatic heterocycles. The van der Waals surface area contributed by atoms with Crippen molar-refractivity contribution < 1.29 is 9.18 Å². The lowest BCUT2D eigenvalue weighted by Crippen LogP contribution is -2.41. The molecule has 0 unspecified atom stereocenters. The third-order valence-electron chi connectivity index (χ3n) is 4.78. The Morgan fingerprint density at radius 3 is 2.68 bits per heavy atom. The number of hydrogen-bond donors (Lipinski definition) is 1. The molecule has 0 aliphatic heterocycles. The van der Waals surface area contributed by atoms with Crippen LogP contribution >= 0.6 is 23.1 Å². The molecule has 4 rings (SSSR count). The maximum Gasteiger partial charge on any atom is 0.332 e. The maximum atomic E-state index is 14.1. The number of thiophene rings is 1. The van der Waals surface area contributed by atoms with Crippen molar-refractivity contribution in [2.24, 2.45) is 0 Å². The predicted molar refractivity (Wildman–Crippen MR) is 123 cm³/mol. The molecule has 0 aliphatic carbocycles. The number of fused-ring (bicyclic) bond motifs is 1. The predicted octanol–water partition coefficient (Wildman–Crippen LogP) is 3.77. The summed E-state index contributed by atoms with van der Waals surface area (Å²) in [6, 6.07) is 15.0.